The van der Waals surface area contributed by atoms with E-state index in [-0.39, 0.29) is 5.92 Å². The van der Waals surface area contributed by atoms with Crippen LogP contribution in [0.4, 0.5) is 0 Å². The minimum absolute atomic E-state index is 0.204. The minimum atomic E-state index is -0.778. The maximum absolute atomic E-state index is 12.8. The molecule has 0 fully saturated rings. The lowest BCUT2D eigenvalue weighted by molar-refractivity contribution is -0.918. The van der Waals surface area contributed by atoms with Gasteiger partial charge in [-0.2, -0.15) is 0 Å². The number of quaternary nitrogens is 1. The molecule has 0 heterocycles. The molecule has 0 spiro atoms. The number of hydrogen-bond acceptors (Lipinski definition) is 1. The van der Waals surface area contributed by atoms with Gasteiger partial charge < -0.3 is 9.59 Å². The molecule has 0 rings (SSSR count). The predicted molar refractivity (Wildman–Crippen MR) is 164 cm³/mol. The normalized spacial score (nSPS) is 14.4. The van der Waals surface area contributed by atoms with Gasteiger partial charge in [0.15, 0.2) is 0 Å². The Morgan fingerprint density at radius 3 is 1.19 bits per heavy atom. The molecule has 0 aromatic heterocycles. The number of carbonyl (C=O) groups is 1. The summed E-state index contributed by atoms with van der Waals surface area (Å²) >= 11 is 0. The van der Waals surface area contributed by atoms with Crippen molar-refractivity contribution >= 4 is 5.97 Å². The Hall–Kier alpha value is -0.830. The fourth-order valence-electron chi connectivity index (χ4n) is 6.31. The van der Waals surface area contributed by atoms with Crippen LogP contribution in [0, 0.1) is 5.92 Å². The second-order valence-corrected chi connectivity index (χ2v) is 12.7. The predicted octanol–water partition coefficient (Wildman–Crippen LogP) is 10.7. The first-order chi connectivity index (χ1) is 17.8. The van der Waals surface area contributed by atoms with Crippen molar-refractivity contribution in [2.45, 2.75) is 173 Å². The number of hydrogen-bond donors (Lipinski definition) is 1. The van der Waals surface area contributed by atoms with Gasteiger partial charge in [0.2, 0.25) is 5.54 Å². The lowest BCUT2D eigenvalue weighted by atomic mass is 9.73. The van der Waals surface area contributed by atoms with E-state index in [4.69, 9.17) is 0 Å². The van der Waals surface area contributed by atoms with E-state index in [1.165, 1.54) is 122 Å². The molecular formula is C34H68NO2+. The van der Waals surface area contributed by atoms with Crippen molar-refractivity contribution in [2.75, 3.05) is 21.1 Å². The SMILES string of the molecule is C=CCC(C(=O)O)(C(CCCCCCCCCCCC)CCCCCCCCCCCCC)[N+](C)(C)C. The molecule has 220 valence electrons. The first-order valence-electron chi connectivity index (χ1n) is 16.4. The van der Waals surface area contributed by atoms with Crippen LogP contribution in [0.5, 0.6) is 0 Å². The number of likely N-dealkylation sites (N-methyl/N-ethyl adjacent to an activating group) is 1. The molecule has 0 aliphatic carbocycles. The van der Waals surface area contributed by atoms with Gasteiger partial charge in [-0.3, -0.25) is 0 Å². The van der Waals surface area contributed by atoms with Crippen LogP contribution in [0.3, 0.4) is 0 Å². The molecule has 3 nitrogen and oxygen atoms in total. The lowest BCUT2D eigenvalue weighted by Crippen LogP contribution is -2.65. The largest absolute Gasteiger partial charge is 0.477 e. The van der Waals surface area contributed by atoms with E-state index in [2.05, 4.69) is 41.6 Å². The zero-order valence-electron chi connectivity index (χ0n) is 26.1. The molecule has 37 heavy (non-hydrogen) atoms. The second kappa shape index (κ2) is 23.1. The molecule has 0 aliphatic rings. The van der Waals surface area contributed by atoms with Crippen LogP contribution >= 0.6 is 0 Å². The van der Waals surface area contributed by atoms with Crippen LogP contribution in [0.1, 0.15) is 168 Å². The van der Waals surface area contributed by atoms with Gasteiger partial charge in [0.1, 0.15) is 0 Å². The molecule has 0 saturated carbocycles. The van der Waals surface area contributed by atoms with Gasteiger partial charge in [0, 0.05) is 12.3 Å². The smallest absolute Gasteiger partial charge is 0.366 e. The third-order valence-corrected chi connectivity index (χ3v) is 8.76. The Morgan fingerprint density at radius 2 is 0.946 bits per heavy atom. The highest BCUT2D eigenvalue weighted by Crippen LogP contribution is 2.39. The van der Waals surface area contributed by atoms with E-state index < -0.39 is 11.5 Å². The second-order valence-electron chi connectivity index (χ2n) is 12.7. The summed E-state index contributed by atoms with van der Waals surface area (Å²) in [6.07, 6.45) is 32.4. The fraction of sp³-hybridized carbons (Fsp3) is 0.912. The first-order valence-corrected chi connectivity index (χ1v) is 16.4. The molecule has 1 N–H and O–H groups in total. The monoisotopic (exact) mass is 523 g/mol. The third-order valence-electron chi connectivity index (χ3n) is 8.76. The van der Waals surface area contributed by atoms with Gasteiger partial charge >= 0.3 is 5.97 Å². The molecule has 2 unspecified atom stereocenters. The van der Waals surface area contributed by atoms with Crippen molar-refractivity contribution in [3.8, 4) is 0 Å². The van der Waals surface area contributed by atoms with Crippen LogP contribution in [-0.4, -0.2) is 42.2 Å². The minimum Gasteiger partial charge on any atom is -0.477 e. The summed E-state index contributed by atoms with van der Waals surface area (Å²) in [4.78, 5) is 12.8. The van der Waals surface area contributed by atoms with Crippen LogP contribution in [0.2, 0.25) is 0 Å². The summed E-state index contributed by atoms with van der Waals surface area (Å²) in [6, 6.07) is 0. The Morgan fingerprint density at radius 1 is 0.649 bits per heavy atom. The number of unbranched alkanes of at least 4 members (excludes halogenated alkanes) is 19. The number of nitrogens with zero attached hydrogens (tertiary/aromatic N) is 1. The summed E-state index contributed by atoms with van der Waals surface area (Å²) < 4.78 is 0.467. The van der Waals surface area contributed by atoms with Crippen molar-refractivity contribution in [2.24, 2.45) is 5.92 Å². The summed E-state index contributed by atoms with van der Waals surface area (Å²) in [5.41, 5.74) is -0.778. The Bertz CT molecular complexity index is 538. The molecule has 0 radical (unpaired) electrons. The molecule has 0 saturated heterocycles. The molecule has 0 aliphatic heterocycles. The van der Waals surface area contributed by atoms with Crippen molar-refractivity contribution in [3.05, 3.63) is 12.7 Å². The summed E-state index contributed by atoms with van der Waals surface area (Å²) in [6.45, 7) is 8.52. The number of rotatable bonds is 28. The maximum atomic E-state index is 12.8. The summed E-state index contributed by atoms with van der Waals surface area (Å²) in [5.74, 6) is -0.435. The van der Waals surface area contributed by atoms with E-state index >= 15 is 0 Å². The Labute approximate surface area is 233 Å². The summed E-state index contributed by atoms with van der Waals surface area (Å²) in [5, 5.41) is 10.5. The van der Waals surface area contributed by atoms with Crippen LogP contribution in [0.15, 0.2) is 12.7 Å². The zero-order valence-corrected chi connectivity index (χ0v) is 26.1. The van der Waals surface area contributed by atoms with Crippen LogP contribution in [-0.2, 0) is 4.79 Å². The molecule has 0 aromatic carbocycles. The van der Waals surface area contributed by atoms with Crippen LogP contribution in [0.25, 0.3) is 0 Å². The van der Waals surface area contributed by atoms with Gasteiger partial charge in [-0.1, -0.05) is 155 Å². The van der Waals surface area contributed by atoms with Gasteiger partial charge in [-0.15, -0.1) is 6.58 Å². The van der Waals surface area contributed by atoms with Gasteiger partial charge in [-0.25, -0.2) is 4.79 Å². The molecule has 0 aromatic rings. The van der Waals surface area contributed by atoms with Crippen molar-refractivity contribution in [1.82, 2.24) is 0 Å². The average Bonchev–Trinajstić information content (AvgIpc) is 2.84. The van der Waals surface area contributed by atoms with Crippen LogP contribution < -0.4 is 0 Å². The molecule has 2 atom stereocenters. The highest BCUT2D eigenvalue weighted by Gasteiger charge is 2.54. The van der Waals surface area contributed by atoms with Crippen molar-refractivity contribution < 1.29 is 14.4 Å². The van der Waals surface area contributed by atoms with E-state index in [1.807, 2.05) is 6.08 Å². The topological polar surface area (TPSA) is 37.3 Å². The van der Waals surface area contributed by atoms with E-state index in [1.54, 1.807) is 0 Å². The highest BCUT2D eigenvalue weighted by atomic mass is 16.4. The first kappa shape index (κ1) is 36.2. The Kier molecular flexibility index (Phi) is 22.6. The standard InChI is InChI=1S/C34H67NO2/c1-7-10-12-14-16-18-20-22-24-26-28-30-32(34(31-9-3,33(36)37)35(4,5)6)29-27-25-23-21-19-17-15-13-11-8-2/h9,32H,3,7-8,10-31H2,1-2,4-6H3/p+1. The molecule has 0 bridgehead atoms. The van der Waals surface area contributed by atoms with Crippen molar-refractivity contribution in [1.29, 1.82) is 0 Å². The number of carboxylic acids is 1. The lowest BCUT2D eigenvalue weighted by Gasteiger charge is -2.47. The fourth-order valence-corrected chi connectivity index (χ4v) is 6.31. The summed E-state index contributed by atoms with van der Waals surface area (Å²) in [7, 11) is 6.22. The van der Waals surface area contributed by atoms with Crippen molar-refractivity contribution in [3.63, 3.8) is 0 Å². The number of aliphatic carboxylic acids is 1. The van der Waals surface area contributed by atoms with E-state index in [9.17, 15) is 9.90 Å². The molecular weight excluding hydrogens is 454 g/mol. The molecule has 3 heteroatoms. The average molecular weight is 523 g/mol. The number of carboxylic acid groups (broad SMARTS) is 1. The maximum Gasteiger partial charge on any atom is 0.366 e. The molecule has 0 amide bonds. The van der Waals surface area contributed by atoms with E-state index in [0.717, 1.165) is 25.7 Å². The van der Waals surface area contributed by atoms with Gasteiger partial charge in [0.25, 0.3) is 0 Å². The Balaban J connectivity index is 4.66. The quantitative estimate of drug-likeness (QED) is 0.0630. The van der Waals surface area contributed by atoms with Gasteiger partial charge in [0.05, 0.1) is 21.1 Å². The zero-order chi connectivity index (χ0) is 27.8. The third kappa shape index (κ3) is 16.0. The van der Waals surface area contributed by atoms with Gasteiger partial charge in [-0.05, 0) is 12.8 Å². The highest BCUT2D eigenvalue weighted by molar-refractivity contribution is 5.78. The van der Waals surface area contributed by atoms with E-state index in [0.29, 0.717) is 10.9 Å².